The SMILES string of the molecule is Cn1nc(CN(C(=O)Cc2ccc(F)cc2F)C2CCCC2)c2c1CCC2. The van der Waals surface area contributed by atoms with E-state index >= 15 is 0 Å². The predicted octanol–water partition coefficient (Wildman–Crippen LogP) is 3.70. The molecule has 0 saturated heterocycles. The monoisotopic (exact) mass is 373 g/mol. The van der Waals surface area contributed by atoms with E-state index in [2.05, 4.69) is 5.10 Å². The molecule has 4 rings (SSSR count). The Morgan fingerprint density at radius 1 is 1.22 bits per heavy atom. The Kier molecular flexibility index (Phi) is 4.98. The van der Waals surface area contributed by atoms with Crippen LogP contribution in [0.25, 0.3) is 0 Å². The van der Waals surface area contributed by atoms with E-state index < -0.39 is 11.6 Å². The summed E-state index contributed by atoms with van der Waals surface area (Å²) < 4.78 is 29.1. The van der Waals surface area contributed by atoms with Gasteiger partial charge in [0.15, 0.2) is 0 Å². The highest BCUT2D eigenvalue weighted by Crippen LogP contribution is 2.29. The summed E-state index contributed by atoms with van der Waals surface area (Å²) in [5.41, 5.74) is 3.77. The molecule has 2 aliphatic rings. The van der Waals surface area contributed by atoms with Crippen LogP contribution < -0.4 is 0 Å². The van der Waals surface area contributed by atoms with Crippen LogP contribution in [0.2, 0.25) is 0 Å². The van der Waals surface area contributed by atoms with Gasteiger partial charge in [-0.1, -0.05) is 18.9 Å². The lowest BCUT2D eigenvalue weighted by Gasteiger charge is -2.29. The van der Waals surface area contributed by atoms with Crippen molar-refractivity contribution in [3.05, 3.63) is 52.3 Å². The van der Waals surface area contributed by atoms with E-state index in [9.17, 15) is 13.6 Å². The summed E-state index contributed by atoms with van der Waals surface area (Å²) >= 11 is 0. The summed E-state index contributed by atoms with van der Waals surface area (Å²) in [6.07, 6.45) is 7.32. The van der Waals surface area contributed by atoms with Crippen molar-refractivity contribution in [1.29, 1.82) is 0 Å². The fraction of sp³-hybridized carbons (Fsp3) is 0.524. The third-order valence-electron chi connectivity index (χ3n) is 5.96. The van der Waals surface area contributed by atoms with Crippen molar-refractivity contribution in [2.75, 3.05) is 0 Å². The van der Waals surface area contributed by atoms with Gasteiger partial charge in [0.2, 0.25) is 5.91 Å². The molecule has 1 fully saturated rings. The Balaban J connectivity index is 1.57. The largest absolute Gasteiger partial charge is 0.333 e. The third-order valence-corrected chi connectivity index (χ3v) is 5.96. The van der Waals surface area contributed by atoms with Crippen molar-refractivity contribution in [3.63, 3.8) is 0 Å². The minimum atomic E-state index is -0.659. The predicted molar refractivity (Wildman–Crippen MR) is 98.1 cm³/mol. The van der Waals surface area contributed by atoms with Gasteiger partial charge in [-0.05, 0) is 49.3 Å². The number of aromatic nitrogens is 2. The summed E-state index contributed by atoms with van der Waals surface area (Å²) in [4.78, 5) is 15.0. The number of hydrogen-bond donors (Lipinski definition) is 0. The smallest absolute Gasteiger partial charge is 0.227 e. The van der Waals surface area contributed by atoms with Crippen LogP contribution in [0.3, 0.4) is 0 Å². The van der Waals surface area contributed by atoms with E-state index in [1.54, 1.807) is 0 Å². The van der Waals surface area contributed by atoms with E-state index in [0.717, 1.165) is 56.7 Å². The highest BCUT2D eigenvalue weighted by Gasteiger charge is 2.30. The molecule has 0 N–H and O–H groups in total. The molecule has 144 valence electrons. The lowest BCUT2D eigenvalue weighted by Crippen LogP contribution is -2.39. The molecule has 6 heteroatoms. The molecule has 0 unspecified atom stereocenters. The minimum absolute atomic E-state index is 0.0440. The Labute approximate surface area is 158 Å². The Hall–Kier alpha value is -2.24. The van der Waals surface area contributed by atoms with Crippen LogP contribution in [0.1, 0.15) is 54.6 Å². The molecule has 0 spiro atoms. The molecule has 2 aromatic rings. The third kappa shape index (κ3) is 3.62. The molecular formula is C21H25F2N3O. The van der Waals surface area contributed by atoms with Gasteiger partial charge < -0.3 is 4.90 Å². The molecular weight excluding hydrogens is 348 g/mol. The first-order valence-corrected chi connectivity index (χ1v) is 9.80. The molecule has 0 aliphatic heterocycles. The number of halogens is 2. The molecule has 4 nitrogen and oxygen atoms in total. The number of rotatable bonds is 5. The van der Waals surface area contributed by atoms with Gasteiger partial charge in [-0.2, -0.15) is 5.10 Å². The number of carbonyl (C=O) groups excluding carboxylic acids is 1. The number of amides is 1. The van der Waals surface area contributed by atoms with Gasteiger partial charge in [-0.3, -0.25) is 9.48 Å². The number of fused-ring (bicyclic) bond motifs is 1. The van der Waals surface area contributed by atoms with Crippen LogP contribution in [0.4, 0.5) is 8.78 Å². The molecule has 2 aliphatic carbocycles. The second-order valence-electron chi connectivity index (χ2n) is 7.72. The maximum Gasteiger partial charge on any atom is 0.227 e. The maximum atomic E-state index is 14.0. The van der Waals surface area contributed by atoms with E-state index in [1.165, 1.54) is 23.4 Å². The van der Waals surface area contributed by atoms with Crippen LogP contribution in [-0.2, 0) is 37.6 Å². The van der Waals surface area contributed by atoms with E-state index in [4.69, 9.17) is 0 Å². The standard InChI is InChI=1S/C21H25F2N3O/c1-25-20-8-4-7-17(20)19(24-25)13-26(16-5-2-3-6-16)21(27)11-14-9-10-15(22)12-18(14)23/h9-10,12,16H,2-8,11,13H2,1H3. The van der Waals surface area contributed by atoms with Gasteiger partial charge in [-0.25, -0.2) is 8.78 Å². The summed E-state index contributed by atoms with van der Waals surface area (Å²) in [5, 5.41) is 4.66. The van der Waals surface area contributed by atoms with Crippen LogP contribution >= 0.6 is 0 Å². The van der Waals surface area contributed by atoms with Gasteiger partial charge in [0, 0.05) is 24.8 Å². The first kappa shape index (κ1) is 18.1. The number of benzene rings is 1. The molecule has 1 amide bonds. The van der Waals surface area contributed by atoms with Crippen molar-refractivity contribution >= 4 is 5.91 Å². The zero-order valence-electron chi connectivity index (χ0n) is 15.7. The molecule has 1 saturated carbocycles. The second-order valence-corrected chi connectivity index (χ2v) is 7.72. The van der Waals surface area contributed by atoms with Gasteiger partial charge in [-0.15, -0.1) is 0 Å². The summed E-state index contributed by atoms with van der Waals surface area (Å²) in [6, 6.07) is 3.60. The molecule has 0 bridgehead atoms. The minimum Gasteiger partial charge on any atom is -0.333 e. The normalized spacial score (nSPS) is 16.7. The van der Waals surface area contributed by atoms with Gasteiger partial charge >= 0.3 is 0 Å². The molecule has 1 heterocycles. The van der Waals surface area contributed by atoms with Gasteiger partial charge in [0.1, 0.15) is 11.6 Å². The van der Waals surface area contributed by atoms with Gasteiger partial charge in [0.05, 0.1) is 18.7 Å². The van der Waals surface area contributed by atoms with Crippen molar-refractivity contribution in [2.24, 2.45) is 7.05 Å². The number of hydrogen-bond acceptors (Lipinski definition) is 2. The molecule has 27 heavy (non-hydrogen) atoms. The summed E-state index contributed by atoms with van der Waals surface area (Å²) in [6.45, 7) is 0.482. The summed E-state index contributed by atoms with van der Waals surface area (Å²) in [7, 11) is 1.96. The molecule has 1 aromatic heterocycles. The molecule has 0 atom stereocenters. The highest BCUT2D eigenvalue weighted by atomic mass is 19.1. The Bertz CT molecular complexity index is 855. The average molecular weight is 373 g/mol. The summed E-state index contributed by atoms with van der Waals surface area (Å²) in [5.74, 6) is -1.39. The number of nitrogens with zero attached hydrogens (tertiary/aromatic N) is 3. The second kappa shape index (κ2) is 7.41. The quantitative estimate of drug-likeness (QED) is 0.802. The van der Waals surface area contributed by atoms with Crippen molar-refractivity contribution < 1.29 is 13.6 Å². The topological polar surface area (TPSA) is 38.1 Å². The zero-order valence-corrected chi connectivity index (χ0v) is 15.7. The Morgan fingerprint density at radius 3 is 2.74 bits per heavy atom. The van der Waals surface area contributed by atoms with E-state index in [0.29, 0.717) is 6.54 Å². The number of carbonyl (C=O) groups is 1. The lowest BCUT2D eigenvalue weighted by atomic mass is 10.1. The fourth-order valence-corrected chi connectivity index (χ4v) is 4.55. The van der Waals surface area contributed by atoms with Crippen LogP contribution in [-0.4, -0.2) is 26.6 Å². The maximum absolute atomic E-state index is 14.0. The van der Waals surface area contributed by atoms with Gasteiger partial charge in [0.25, 0.3) is 0 Å². The average Bonchev–Trinajstić information content (AvgIpc) is 3.35. The highest BCUT2D eigenvalue weighted by molar-refractivity contribution is 5.79. The van der Waals surface area contributed by atoms with Crippen molar-refractivity contribution in [2.45, 2.75) is 64.0 Å². The fourth-order valence-electron chi connectivity index (χ4n) is 4.55. The van der Waals surface area contributed by atoms with Crippen molar-refractivity contribution in [1.82, 2.24) is 14.7 Å². The lowest BCUT2D eigenvalue weighted by molar-refractivity contribution is -0.133. The van der Waals surface area contributed by atoms with Crippen LogP contribution in [0.15, 0.2) is 18.2 Å². The molecule has 0 radical (unpaired) electrons. The van der Waals surface area contributed by atoms with E-state index in [-0.39, 0.29) is 23.9 Å². The first-order valence-electron chi connectivity index (χ1n) is 9.80. The van der Waals surface area contributed by atoms with E-state index in [1.807, 2.05) is 16.6 Å². The van der Waals surface area contributed by atoms with Crippen molar-refractivity contribution in [3.8, 4) is 0 Å². The zero-order chi connectivity index (χ0) is 19.0. The molecule has 1 aromatic carbocycles. The van der Waals surface area contributed by atoms with Crippen LogP contribution in [0, 0.1) is 11.6 Å². The first-order chi connectivity index (χ1) is 13.0. The van der Waals surface area contributed by atoms with Crippen LogP contribution in [0.5, 0.6) is 0 Å². The Morgan fingerprint density at radius 2 is 2.00 bits per heavy atom. The number of aryl methyl sites for hydroxylation is 1.